The molecule has 1 aliphatic heterocycles. The average Bonchev–Trinajstić information content (AvgIpc) is 3.09. The third kappa shape index (κ3) is 7.24. The molecule has 0 aromatic heterocycles. The van der Waals surface area contributed by atoms with E-state index in [1.54, 1.807) is 0 Å². The smallest absolute Gasteiger partial charge is 0.193 e. The second-order valence-corrected chi connectivity index (χ2v) is 7.16. The zero-order valence-corrected chi connectivity index (χ0v) is 19.5. The molecule has 0 bridgehead atoms. The number of benzene rings is 1. The van der Waals surface area contributed by atoms with Crippen molar-refractivity contribution in [3.8, 4) is 0 Å². The van der Waals surface area contributed by atoms with Crippen LogP contribution in [0.3, 0.4) is 0 Å². The van der Waals surface area contributed by atoms with Crippen molar-refractivity contribution in [3.63, 3.8) is 0 Å². The fourth-order valence-electron chi connectivity index (χ4n) is 3.53. The highest BCUT2D eigenvalue weighted by Gasteiger charge is 2.25. The Hall–Kier alpha value is -0.530. The van der Waals surface area contributed by atoms with Gasteiger partial charge in [-0.05, 0) is 49.9 Å². The Morgan fingerprint density at radius 3 is 2.69 bits per heavy atom. The van der Waals surface area contributed by atoms with E-state index in [-0.39, 0.29) is 24.0 Å². The van der Waals surface area contributed by atoms with Crippen LogP contribution in [0.25, 0.3) is 0 Å². The van der Waals surface area contributed by atoms with E-state index in [2.05, 4.69) is 40.0 Å². The van der Waals surface area contributed by atoms with Crippen molar-refractivity contribution in [1.82, 2.24) is 15.1 Å². The fraction of sp³-hybridized carbons (Fsp3) is 0.650. The predicted molar refractivity (Wildman–Crippen MR) is 124 cm³/mol. The van der Waals surface area contributed by atoms with E-state index in [9.17, 15) is 0 Å². The number of halogens is 2. The highest BCUT2D eigenvalue weighted by atomic mass is 127. The van der Waals surface area contributed by atoms with Gasteiger partial charge in [-0.3, -0.25) is 4.99 Å². The lowest BCUT2D eigenvalue weighted by Gasteiger charge is -2.24. The summed E-state index contributed by atoms with van der Waals surface area (Å²) in [5.74, 6) is 1.79. The normalized spacial score (nSPS) is 17.5. The molecule has 2 rings (SSSR count). The Bertz CT molecular complexity index is 548. The highest BCUT2D eigenvalue weighted by molar-refractivity contribution is 14.0. The van der Waals surface area contributed by atoms with Crippen LogP contribution in [0.5, 0.6) is 0 Å². The molecular formula is C20H34ClIN4. The average molecular weight is 493 g/mol. The van der Waals surface area contributed by atoms with Crippen LogP contribution in [0.2, 0.25) is 5.02 Å². The summed E-state index contributed by atoms with van der Waals surface area (Å²) in [5, 5.41) is 4.39. The molecule has 1 fully saturated rings. The number of nitrogens with one attached hydrogen (secondary N) is 1. The van der Waals surface area contributed by atoms with E-state index in [1.807, 2.05) is 25.2 Å². The number of rotatable bonds is 8. The van der Waals surface area contributed by atoms with Crippen molar-refractivity contribution < 1.29 is 0 Å². The number of aryl methyl sites for hydroxylation is 1. The van der Waals surface area contributed by atoms with Crippen molar-refractivity contribution in [2.75, 3.05) is 46.3 Å². The maximum absolute atomic E-state index is 6.22. The van der Waals surface area contributed by atoms with E-state index in [0.717, 1.165) is 62.5 Å². The monoisotopic (exact) mass is 492 g/mol. The number of hydrogen-bond acceptors (Lipinski definition) is 2. The Kier molecular flexibility index (Phi) is 11.6. The highest BCUT2D eigenvalue weighted by Crippen LogP contribution is 2.18. The van der Waals surface area contributed by atoms with Gasteiger partial charge in [-0.15, -0.1) is 24.0 Å². The summed E-state index contributed by atoms with van der Waals surface area (Å²) in [7, 11) is 1.88. The van der Waals surface area contributed by atoms with Crippen LogP contribution in [0.15, 0.2) is 29.3 Å². The lowest BCUT2D eigenvalue weighted by atomic mass is 10.1. The zero-order valence-electron chi connectivity index (χ0n) is 16.4. The molecule has 1 aliphatic rings. The van der Waals surface area contributed by atoms with Crippen LogP contribution >= 0.6 is 35.6 Å². The van der Waals surface area contributed by atoms with Gasteiger partial charge in [0.05, 0.1) is 0 Å². The summed E-state index contributed by atoms with van der Waals surface area (Å²) >= 11 is 6.22. The van der Waals surface area contributed by atoms with E-state index >= 15 is 0 Å². The van der Waals surface area contributed by atoms with Gasteiger partial charge in [0.25, 0.3) is 0 Å². The maximum Gasteiger partial charge on any atom is 0.193 e. The van der Waals surface area contributed by atoms with E-state index in [1.165, 1.54) is 18.5 Å². The first-order chi connectivity index (χ1) is 12.2. The predicted octanol–water partition coefficient (Wildman–Crippen LogP) is 4.13. The van der Waals surface area contributed by atoms with Gasteiger partial charge in [-0.2, -0.15) is 0 Å². The van der Waals surface area contributed by atoms with Gasteiger partial charge in [0, 0.05) is 38.2 Å². The molecule has 1 atom stereocenters. The SMILES string of the molecule is CCN(CC)CC1CCN(C(=NC)NCCCc2ccccc2Cl)C1.I. The molecule has 1 heterocycles. The first-order valence-electron chi connectivity index (χ1n) is 9.59. The largest absolute Gasteiger partial charge is 0.356 e. The minimum Gasteiger partial charge on any atom is -0.356 e. The number of guanidine groups is 1. The first kappa shape index (κ1) is 23.5. The summed E-state index contributed by atoms with van der Waals surface area (Å²) < 4.78 is 0. The minimum absolute atomic E-state index is 0. The Balaban J connectivity index is 0.00000338. The second-order valence-electron chi connectivity index (χ2n) is 6.76. The molecule has 0 spiro atoms. The van der Waals surface area contributed by atoms with Crippen molar-refractivity contribution in [3.05, 3.63) is 34.9 Å². The molecule has 1 N–H and O–H groups in total. The van der Waals surface area contributed by atoms with Crippen LogP contribution in [-0.2, 0) is 6.42 Å². The summed E-state index contributed by atoms with van der Waals surface area (Å²) in [6.45, 7) is 11.1. The molecule has 0 radical (unpaired) electrons. The third-order valence-corrected chi connectivity index (χ3v) is 5.44. The number of aliphatic imine (C=N–C) groups is 1. The molecule has 148 valence electrons. The van der Waals surface area contributed by atoms with Gasteiger partial charge in [0.1, 0.15) is 0 Å². The molecule has 1 unspecified atom stereocenters. The fourth-order valence-corrected chi connectivity index (χ4v) is 3.76. The van der Waals surface area contributed by atoms with Gasteiger partial charge in [0.15, 0.2) is 5.96 Å². The Labute approximate surface area is 181 Å². The molecule has 0 aliphatic carbocycles. The van der Waals surface area contributed by atoms with E-state index in [0.29, 0.717) is 0 Å². The van der Waals surface area contributed by atoms with Crippen molar-refractivity contribution in [2.24, 2.45) is 10.9 Å². The third-order valence-electron chi connectivity index (χ3n) is 5.07. The molecule has 0 amide bonds. The summed E-state index contributed by atoms with van der Waals surface area (Å²) in [6, 6.07) is 8.10. The lowest BCUT2D eigenvalue weighted by molar-refractivity contribution is 0.255. The molecule has 1 aromatic carbocycles. The molecular weight excluding hydrogens is 459 g/mol. The quantitative estimate of drug-likeness (QED) is 0.256. The van der Waals surface area contributed by atoms with Crippen LogP contribution in [0.1, 0.15) is 32.3 Å². The van der Waals surface area contributed by atoms with Gasteiger partial charge in [-0.1, -0.05) is 43.6 Å². The summed E-state index contributed by atoms with van der Waals surface area (Å²) in [5.41, 5.74) is 1.22. The van der Waals surface area contributed by atoms with Crippen molar-refractivity contribution in [1.29, 1.82) is 0 Å². The van der Waals surface area contributed by atoms with E-state index in [4.69, 9.17) is 11.6 Å². The van der Waals surface area contributed by atoms with Crippen LogP contribution in [0.4, 0.5) is 0 Å². The number of likely N-dealkylation sites (tertiary alicyclic amines) is 1. The first-order valence-corrected chi connectivity index (χ1v) is 9.97. The summed E-state index contributed by atoms with van der Waals surface area (Å²) in [4.78, 5) is 9.41. The standard InChI is InChI=1S/C20H33ClN4.HI/c1-4-24(5-2)15-17-12-14-25(16-17)20(22-3)23-13-8-10-18-9-6-7-11-19(18)21;/h6-7,9,11,17H,4-5,8,10,12-16H2,1-3H3,(H,22,23);1H. The van der Waals surface area contributed by atoms with Gasteiger partial charge >= 0.3 is 0 Å². The number of hydrogen-bond donors (Lipinski definition) is 1. The maximum atomic E-state index is 6.22. The molecule has 1 saturated heterocycles. The Morgan fingerprint density at radius 1 is 1.31 bits per heavy atom. The summed E-state index contributed by atoms with van der Waals surface area (Å²) in [6.07, 6.45) is 3.31. The van der Waals surface area contributed by atoms with E-state index < -0.39 is 0 Å². The molecule has 1 aromatic rings. The topological polar surface area (TPSA) is 30.9 Å². The number of nitrogens with zero attached hydrogens (tertiary/aromatic N) is 3. The zero-order chi connectivity index (χ0) is 18.1. The van der Waals surface area contributed by atoms with Crippen LogP contribution in [0, 0.1) is 5.92 Å². The molecule has 6 heteroatoms. The van der Waals surface area contributed by atoms with Gasteiger partial charge in [0.2, 0.25) is 0 Å². The van der Waals surface area contributed by atoms with Crippen molar-refractivity contribution >= 4 is 41.5 Å². The molecule has 26 heavy (non-hydrogen) atoms. The Morgan fingerprint density at radius 2 is 2.04 bits per heavy atom. The lowest BCUT2D eigenvalue weighted by Crippen LogP contribution is -2.41. The van der Waals surface area contributed by atoms with Gasteiger partial charge < -0.3 is 15.1 Å². The van der Waals surface area contributed by atoms with Gasteiger partial charge in [-0.25, -0.2) is 0 Å². The second kappa shape index (κ2) is 12.8. The van der Waals surface area contributed by atoms with Crippen molar-refractivity contribution in [2.45, 2.75) is 33.1 Å². The minimum atomic E-state index is 0. The molecule has 0 saturated carbocycles. The van der Waals surface area contributed by atoms with Crippen LogP contribution < -0.4 is 5.32 Å². The van der Waals surface area contributed by atoms with Crippen LogP contribution in [-0.4, -0.2) is 62.1 Å². The molecule has 4 nitrogen and oxygen atoms in total.